The molecule has 1 rings (SSSR count). The Balaban J connectivity index is 0.00000400. The predicted octanol–water partition coefficient (Wildman–Crippen LogP) is 0.531. The zero-order valence-corrected chi connectivity index (χ0v) is 13.4. The molecule has 7 nitrogen and oxygen atoms in total. The Morgan fingerprint density at radius 1 is 1.33 bits per heavy atom. The van der Waals surface area contributed by atoms with Gasteiger partial charge < -0.3 is 15.2 Å². The molecule has 0 aliphatic heterocycles. The van der Waals surface area contributed by atoms with Gasteiger partial charge in [0.15, 0.2) is 0 Å². The molecule has 1 aromatic carbocycles. The van der Waals surface area contributed by atoms with Gasteiger partial charge in [-0.3, -0.25) is 0 Å². The molecule has 0 aromatic heterocycles. The molecule has 0 fully saturated rings. The molecule has 0 aliphatic carbocycles. The lowest BCUT2D eigenvalue weighted by Crippen LogP contribution is -2.26. The van der Waals surface area contributed by atoms with Gasteiger partial charge in [0, 0.05) is 12.6 Å². The first-order valence-corrected chi connectivity index (χ1v) is 7.40. The molecule has 21 heavy (non-hydrogen) atoms. The zero-order chi connectivity index (χ0) is 15.2. The third kappa shape index (κ3) is 5.16. The van der Waals surface area contributed by atoms with Crippen molar-refractivity contribution in [3.05, 3.63) is 23.8 Å². The number of nitrogens with one attached hydrogen (secondary N) is 1. The van der Waals surface area contributed by atoms with Gasteiger partial charge in [-0.2, -0.15) is 0 Å². The quantitative estimate of drug-likeness (QED) is 0.554. The Morgan fingerprint density at radius 2 is 2.00 bits per heavy atom. The SMILES string of the molecule is COC(=O)c1ccc(S(=O)(=O)NCCCN)cc1OC.Cl. The molecule has 9 heteroatoms. The summed E-state index contributed by atoms with van der Waals surface area (Å²) < 4.78 is 36.0. The standard InChI is InChI=1S/C12H18N2O5S.ClH/c1-18-11-8-9(4-5-10(11)12(15)19-2)20(16,17)14-7-3-6-13;/h4-5,8,14H,3,6-7,13H2,1-2H3;1H. The number of sulfonamides is 1. The van der Waals surface area contributed by atoms with E-state index in [1.807, 2.05) is 0 Å². The van der Waals surface area contributed by atoms with Crippen LogP contribution in [-0.2, 0) is 14.8 Å². The van der Waals surface area contributed by atoms with Crippen molar-refractivity contribution in [1.29, 1.82) is 0 Å². The Bertz CT molecular complexity index is 577. The minimum Gasteiger partial charge on any atom is -0.496 e. The number of hydrogen-bond acceptors (Lipinski definition) is 6. The van der Waals surface area contributed by atoms with E-state index in [1.54, 1.807) is 0 Å². The van der Waals surface area contributed by atoms with Crippen LogP contribution in [0.1, 0.15) is 16.8 Å². The topological polar surface area (TPSA) is 108 Å². The van der Waals surface area contributed by atoms with Gasteiger partial charge in [0.05, 0.1) is 19.1 Å². The van der Waals surface area contributed by atoms with Crippen molar-refractivity contribution in [1.82, 2.24) is 4.72 Å². The van der Waals surface area contributed by atoms with Crippen LogP contribution >= 0.6 is 12.4 Å². The first-order valence-electron chi connectivity index (χ1n) is 5.92. The molecule has 0 amide bonds. The Hall–Kier alpha value is -1.35. The third-order valence-electron chi connectivity index (χ3n) is 2.56. The molecule has 0 saturated carbocycles. The van der Waals surface area contributed by atoms with Crippen LogP contribution in [0.3, 0.4) is 0 Å². The molecule has 0 spiro atoms. The Morgan fingerprint density at radius 3 is 2.52 bits per heavy atom. The van der Waals surface area contributed by atoms with Gasteiger partial charge in [-0.05, 0) is 25.1 Å². The Kier molecular flexibility index (Phi) is 8.26. The van der Waals surface area contributed by atoms with E-state index in [1.165, 1.54) is 32.4 Å². The van der Waals surface area contributed by atoms with Gasteiger partial charge in [0.1, 0.15) is 11.3 Å². The fraction of sp³-hybridized carbons (Fsp3) is 0.417. The number of hydrogen-bond donors (Lipinski definition) is 2. The molecule has 120 valence electrons. The maximum Gasteiger partial charge on any atom is 0.341 e. The number of ether oxygens (including phenoxy) is 2. The summed E-state index contributed by atoms with van der Waals surface area (Å²) in [5.41, 5.74) is 5.47. The zero-order valence-electron chi connectivity index (χ0n) is 11.8. The van der Waals surface area contributed by atoms with Gasteiger partial charge in [0.2, 0.25) is 10.0 Å². The summed E-state index contributed by atoms with van der Waals surface area (Å²) >= 11 is 0. The highest BCUT2D eigenvalue weighted by atomic mass is 35.5. The minimum atomic E-state index is -3.65. The Labute approximate surface area is 130 Å². The maximum absolute atomic E-state index is 12.0. The molecule has 0 radical (unpaired) electrons. The van der Waals surface area contributed by atoms with E-state index < -0.39 is 16.0 Å². The summed E-state index contributed by atoms with van der Waals surface area (Å²) in [5.74, 6) is -0.458. The first-order chi connectivity index (χ1) is 9.46. The van der Waals surface area contributed by atoms with Crippen LogP contribution in [0.25, 0.3) is 0 Å². The van der Waals surface area contributed by atoms with Crippen molar-refractivity contribution in [3.8, 4) is 5.75 Å². The first kappa shape index (κ1) is 19.7. The van der Waals surface area contributed by atoms with Gasteiger partial charge in [0.25, 0.3) is 0 Å². The number of rotatable bonds is 7. The molecule has 0 aliphatic rings. The van der Waals surface area contributed by atoms with Gasteiger partial charge in [-0.25, -0.2) is 17.9 Å². The summed E-state index contributed by atoms with van der Waals surface area (Å²) in [7, 11) is -1.07. The van der Waals surface area contributed by atoms with E-state index in [4.69, 9.17) is 10.5 Å². The molecular weight excluding hydrogens is 320 g/mol. The highest BCUT2D eigenvalue weighted by Crippen LogP contribution is 2.23. The normalized spacial score (nSPS) is 10.6. The highest BCUT2D eigenvalue weighted by Gasteiger charge is 2.19. The van der Waals surface area contributed by atoms with Crippen LogP contribution in [0.15, 0.2) is 23.1 Å². The minimum absolute atomic E-state index is 0. The number of benzene rings is 1. The lowest BCUT2D eigenvalue weighted by molar-refractivity contribution is 0.0597. The van der Waals surface area contributed by atoms with Crippen molar-refractivity contribution >= 4 is 28.4 Å². The van der Waals surface area contributed by atoms with Crippen LogP contribution < -0.4 is 15.2 Å². The highest BCUT2D eigenvalue weighted by molar-refractivity contribution is 7.89. The molecule has 0 atom stereocenters. The number of carbonyl (C=O) groups is 1. The van der Waals surface area contributed by atoms with Crippen LogP contribution in [0.5, 0.6) is 5.75 Å². The largest absolute Gasteiger partial charge is 0.496 e. The van der Waals surface area contributed by atoms with Crippen molar-refractivity contribution in [3.63, 3.8) is 0 Å². The number of methoxy groups -OCH3 is 2. The average Bonchev–Trinajstić information content (AvgIpc) is 2.45. The van der Waals surface area contributed by atoms with E-state index in [0.29, 0.717) is 13.0 Å². The molecule has 3 N–H and O–H groups in total. The van der Waals surface area contributed by atoms with Gasteiger partial charge >= 0.3 is 5.97 Å². The van der Waals surface area contributed by atoms with Crippen molar-refractivity contribution < 1.29 is 22.7 Å². The average molecular weight is 339 g/mol. The van der Waals surface area contributed by atoms with E-state index in [9.17, 15) is 13.2 Å². The summed E-state index contributed by atoms with van der Waals surface area (Å²) in [6.07, 6.45) is 0.538. The second-order valence-electron chi connectivity index (χ2n) is 3.89. The number of halogens is 1. The maximum atomic E-state index is 12.0. The van der Waals surface area contributed by atoms with Crippen molar-refractivity contribution in [2.45, 2.75) is 11.3 Å². The predicted molar refractivity (Wildman–Crippen MR) is 80.4 cm³/mol. The number of nitrogens with two attached hydrogens (primary N) is 1. The van der Waals surface area contributed by atoms with Gasteiger partial charge in [-0.1, -0.05) is 0 Å². The molecule has 0 saturated heterocycles. The van der Waals surface area contributed by atoms with E-state index in [0.717, 1.165) is 0 Å². The molecule has 0 heterocycles. The van der Waals surface area contributed by atoms with Crippen LogP contribution in [0, 0.1) is 0 Å². The summed E-state index contributed by atoms with van der Waals surface area (Å²) in [5, 5.41) is 0. The number of carbonyl (C=O) groups excluding carboxylic acids is 1. The third-order valence-corrected chi connectivity index (χ3v) is 4.02. The fourth-order valence-corrected chi connectivity index (χ4v) is 2.60. The fourth-order valence-electron chi connectivity index (χ4n) is 1.51. The van der Waals surface area contributed by atoms with Crippen LogP contribution in [0.4, 0.5) is 0 Å². The van der Waals surface area contributed by atoms with Crippen LogP contribution in [0.2, 0.25) is 0 Å². The van der Waals surface area contributed by atoms with Crippen molar-refractivity contribution in [2.24, 2.45) is 5.73 Å². The van der Waals surface area contributed by atoms with E-state index in [-0.39, 0.29) is 35.2 Å². The lowest BCUT2D eigenvalue weighted by Gasteiger charge is -2.10. The second-order valence-corrected chi connectivity index (χ2v) is 5.66. The van der Waals surface area contributed by atoms with E-state index >= 15 is 0 Å². The van der Waals surface area contributed by atoms with Crippen molar-refractivity contribution in [2.75, 3.05) is 27.3 Å². The second kappa shape index (κ2) is 8.83. The lowest BCUT2D eigenvalue weighted by atomic mass is 10.2. The van der Waals surface area contributed by atoms with E-state index in [2.05, 4.69) is 9.46 Å². The number of esters is 1. The summed E-state index contributed by atoms with van der Waals surface area (Å²) in [6.45, 7) is 0.646. The molecular formula is C12H19ClN2O5S. The van der Waals surface area contributed by atoms with Gasteiger partial charge in [-0.15, -0.1) is 12.4 Å². The molecule has 0 bridgehead atoms. The smallest absolute Gasteiger partial charge is 0.341 e. The monoisotopic (exact) mass is 338 g/mol. The molecule has 0 unspecified atom stereocenters. The van der Waals surface area contributed by atoms with Crippen LogP contribution in [-0.4, -0.2) is 41.7 Å². The molecule has 1 aromatic rings. The summed E-state index contributed by atoms with van der Waals surface area (Å²) in [6, 6.07) is 3.94. The summed E-state index contributed by atoms with van der Waals surface area (Å²) in [4.78, 5) is 11.5.